The SMILES string of the molecule is Cc1cnc(C(=O)Nc2cc(-c3ccncc3)[nH]n2)cn1. The fourth-order valence-electron chi connectivity index (χ4n) is 1.76. The number of rotatable bonds is 3. The number of carbonyl (C=O) groups is 1. The number of anilines is 1. The second-order valence-electron chi connectivity index (χ2n) is 4.40. The molecule has 21 heavy (non-hydrogen) atoms. The first-order valence-corrected chi connectivity index (χ1v) is 6.28. The maximum atomic E-state index is 12.0. The number of aromatic nitrogens is 5. The number of aromatic amines is 1. The van der Waals surface area contributed by atoms with Crippen molar-refractivity contribution in [3.05, 3.63) is 54.4 Å². The van der Waals surface area contributed by atoms with Crippen molar-refractivity contribution in [3.8, 4) is 11.3 Å². The number of aryl methyl sites for hydroxylation is 1. The second-order valence-corrected chi connectivity index (χ2v) is 4.40. The topological polar surface area (TPSA) is 96.5 Å². The fraction of sp³-hybridized carbons (Fsp3) is 0.0714. The molecule has 0 radical (unpaired) electrons. The lowest BCUT2D eigenvalue weighted by atomic mass is 10.2. The molecule has 104 valence electrons. The van der Waals surface area contributed by atoms with E-state index in [0.29, 0.717) is 5.82 Å². The molecule has 3 heterocycles. The van der Waals surface area contributed by atoms with Gasteiger partial charge in [-0.2, -0.15) is 5.10 Å². The molecule has 0 saturated heterocycles. The van der Waals surface area contributed by atoms with E-state index in [2.05, 4.69) is 30.5 Å². The van der Waals surface area contributed by atoms with Crippen molar-refractivity contribution >= 4 is 11.7 Å². The van der Waals surface area contributed by atoms with Crippen molar-refractivity contribution in [1.82, 2.24) is 25.1 Å². The average Bonchev–Trinajstić information content (AvgIpc) is 2.97. The maximum Gasteiger partial charge on any atom is 0.277 e. The Hall–Kier alpha value is -3.09. The number of hydrogen-bond donors (Lipinski definition) is 2. The summed E-state index contributed by atoms with van der Waals surface area (Å²) in [4.78, 5) is 24.0. The van der Waals surface area contributed by atoms with E-state index in [1.807, 2.05) is 19.1 Å². The molecule has 0 spiro atoms. The van der Waals surface area contributed by atoms with Gasteiger partial charge in [-0.25, -0.2) is 4.98 Å². The number of pyridine rings is 1. The zero-order valence-corrected chi connectivity index (χ0v) is 11.2. The molecule has 0 aliphatic rings. The van der Waals surface area contributed by atoms with E-state index in [0.717, 1.165) is 17.0 Å². The lowest BCUT2D eigenvalue weighted by molar-refractivity contribution is 0.102. The Morgan fingerprint density at radius 3 is 2.71 bits per heavy atom. The minimum atomic E-state index is -0.352. The number of nitrogens with one attached hydrogen (secondary N) is 2. The van der Waals surface area contributed by atoms with E-state index < -0.39 is 0 Å². The Morgan fingerprint density at radius 2 is 2.00 bits per heavy atom. The first kappa shape index (κ1) is 12.9. The van der Waals surface area contributed by atoms with Gasteiger partial charge in [0.2, 0.25) is 0 Å². The van der Waals surface area contributed by atoms with Gasteiger partial charge in [-0.15, -0.1) is 0 Å². The molecule has 0 aromatic carbocycles. The third kappa shape index (κ3) is 2.92. The quantitative estimate of drug-likeness (QED) is 0.762. The molecule has 0 saturated carbocycles. The van der Waals surface area contributed by atoms with Crippen LogP contribution in [0.3, 0.4) is 0 Å². The number of amides is 1. The van der Waals surface area contributed by atoms with Gasteiger partial charge in [0.15, 0.2) is 5.82 Å². The first-order chi connectivity index (χ1) is 10.2. The molecule has 0 unspecified atom stereocenters. The molecule has 7 heteroatoms. The van der Waals surface area contributed by atoms with Crippen LogP contribution in [0.5, 0.6) is 0 Å². The van der Waals surface area contributed by atoms with E-state index in [9.17, 15) is 4.79 Å². The highest BCUT2D eigenvalue weighted by molar-refractivity contribution is 6.02. The summed E-state index contributed by atoms with van der Waals surface area (Å²) in [5.74, 6) is 0.0736. The van der Waals surface area contributed by atoms with Gasteiger partial charge in [0, 0.05) is 30.2 Å². The van der Waals surface area contributed by atoms with Crippen LogP contribution < -0.4 is 5.32 Å². The van der Waals surface area contributed by atoms with Crippen molar-refractivity contribution in [1.29, 1.82) is 0 Å². The first-order valence-electron chi connectivity index (χ1n) is 6.28. The van der Waals surface area contributed by atoms with Gasteiger partial charge in [-0.1, -0.05) is 0 Å². The molecule has 3 aromatic rings. The van der Waals surface area contributed by atoms with Gasteiger partial charge in [-0.05, 0) is 19.1 Å². The van der Waals surface area contributed by atoms with Crippen LogP contribution in [-0.2, 0) is 0 Å². The standard InChI is InChI=1S/C14H12N6O/c1-9-7-17-12(8-16-9)14(21)18-13-6-11(19-20-13)10-2-4-15-5-3-10/h2-8H,1H3,(H2,18,19,20,21). The van der Waals surface area contributed by atoms with Gasteiger partial charge >= 0.3 is 0 Å². The van der Waals surface area contributed by atoms with Crippen LogP contribution in [0, 0.1) is 6.92 Å². The summed E-state index contributed by atoms with van der Waals surface area (Å²) in [6.45, 7) is 1.81. The van der Waals surface area contributed by atoms with Crippen molar-refractivity contribution in [2.45, 2.75) is 6.92 Å². The maximum absolute atomic E-state index is 12.0. The third-order valence-electron chi connectivity index (χ3n) is 2.82. The molecule has 0 bridgehead atoms. The largest absolute Gasteiger partial charge is 0.304 e. The summed E-state index contributed by atoms with van der Waals surface area (Å²) in [6, 6.07) is 5.45. The lowest BCUT2D eigenvalue weighted by Gasteiger charge is -2.00. The number of hydrogen-bond acceptors (Lipinski definition) is 5. The van der Waals surface area contributed by atoms with E-state index >= 15 is 0 Å². The highest BCUT2D eigenvalue weighted by atomic mass is 16.2. The molecule has 0 aliphatic heterocycles. The Morgan fingerprint density at radius 1 is 1.19 bits per heavy atom. The number of carbonyl (C=O) groups excluding carboxylic acids is 1. The van der Waals surface area contributed by atoms with Crippen LogP contribution in [0.25, 0.3) is 11.3 Å². The number of H-pyrrole nitrogens is 1. The van der Waals surface area contributed by atoms with Gasteiger partial charge in [0.1, 0.15) is 5.69 Å². The summed E-state index contributed by atoms with van der Waals surface area (Å²) in [7, 11) is 0. The zero-order valence-electron chi connectivity index (χ0n) is 11.2. The summed E-state index contributed by atoms with van der Waals surface area (Å²) < 4.78 is 0. The Kier molecular flexibility index (Phi) is 3.38. The molecule has 0 atom stereocenters. The normalized spacial score (nSPS) is 10.3. The molecule has 2 N–H and O–H groups in total. The molecule has 3 aromatic heterocycles. The van der Waals surface area contributed by atoms with Crippen molar-refractivity contribution in [2.75, 3.05) is 5.32 Å². The smallest absolute Gasteiger partial charge is 0.277 e. The van der Waals surface area contributed by atoms with Crippen LogP contribution in [0.2, 0.25) is 0 Å². The summed E-state index contributed by atoms with van der Waals surface area (Å²) in [5.41, 5.74) is 2.73. The predicted molar refractivity (Wildman–Crippen MR) is 76.5 cm³/mol. The molecule has 0 aliphatic carbocycles. The Labute approximate surface area is 120 Å². The minimum Gasteiger partial charge on any atom is -0.304 e. The summed E-state index contributed by atoms with van der Waals surface area (Å²) in [6.07, 6.45) is 6.36. The monoisotopic (exact) mass is 280 g/mol. The van der Waals surface area contributed by atoms with Gasteiger partial charge in [0.05, 0.1) is 17.6 Å². The van der Waals surface area contributed by atoms with Crippen LogP contribution >= 0.6 is 0 Å². The van der Waals surface area contributed by atoms with E-state index in [-0.39, 0.29) is 11.6 Å². The van der Waals surface area contributed by atoms with Crippen LogP contribution in [0.1, 0.15) is 16.2 Å². The Bertz CT molecular complexity index is 751. The van der Waals surface area contributed by atoms with Gasteiger partial charge < -0.3 is 5.32 Å². The Balaban J connectivity index is 1.75. The van der Waals surface area contributed by atoms with E-state index in [1.54, 1.807) is 24.7 Å². The van der Waals surface area contributed by atoms with Crippen LogP contribution in [0.15, 0.2) is 43.0 Å². The molecule has 3 rings (SSSR count). The minimum absolute atomic E-state index is 0.245. The fourth-order valence-corrected chi connectivity index (χ4v) is 1.76. The van der Waals surface area contributed by atoms with E-state index in [1.165, 1.54) is 6.20 Å². The van der Waals surface area contributed by atoms with Crippen LogP contribution in [-0.4, -0.2) is 31.1 Å². The predicted octanol–water partition coefficient (Wildman–Crippen LogP) is 1.82. The second kappa shape index (κ2) is 5.49. The van der Waals surface area contributed by atoms with Crippen molar-refractivity contribution in [2.24, 2.45) is 0 Å². The molecule has 1 amide bonds. The van der Waals surface area contributed by atoms with E-state index in [4.69, 9.17) is 0 Å². The highest BCUT2D eigenvalue weighted by Crippen LogP contribution is 2.18. The van der Waals surface area contributed by atoms with Crippen molar-refractivity contribution in [3.63, 3.8) is 0 Å². The third-order valence-corrected chi connectivity index (χ3v) is 2.82. The molecule has 0 fully saturated rings. The van der Waals surface area contributed by atoms with Gasteiger partial charge in [-0.3, -0.25) is 19.9 Å². The highest BCUT2D eigenvalue weighted by Gasteiger charge is 2.10. The molecular formula is C14H12N6O. The zero-order chi connectivity index (χ0) is 14.7. The average molecular weight is 280 g/mol. The van der Waals surface area contributed by atoms with Crippen LogP contribution in [0.4, 0.5) is 5.82 Å². The summed E-state index contributed by atoms with van der Waals surface area (Å²) in [5, 5.41) is 9.58. The molecular weight excluding hydrogens is 268 g/mol. The molecule has 7 nitrogen and oxygen atoms in total. The summed E-state index contributed by atoms with van der Waals surface area (Å²) >= 11 is 0. The van der Waals surface area contributed by atoms with Crippen molar-refractivity contribution < 1.29 is 4.79 Å². The van der Waals surface area contributed by atoms with Gasteiger partial charge in [0.25, 0.3) is 5.91 Å². The lowest BCUT2D eigenvalue weighted by Crippen LogP contribution is -2.14. The number of nitrogens with zero attached hydrogens (tertiary/aromatic N) is 4.